The summed E-state index contributed by atoms with van der Waals surface area (Å²) in [7, 11) is 0. The minimum atomic E-state index is 0.825. The van der Waals surface area contributed by atoms with E-state index < -0.39 is 0 Å². The van der Waals surface area contributed by atoms with E-state index in [4.69, 9.17) is 0 Å². The van der Waals surface area contributed by atoms with Crippen LogP contribution >= 0.6 is 15.9 Å². The van der Waals surface area contributed by atoms with E-state index in [-0.39, 0.29) is 0 Å². The summed E-state index contributed by atoms with van der Waals surface area (Å²) in [6.45, 7) is 2.88. The van der Waals surface area contributed by atoms with Gasteiger partial charge in [0, 0.05) is 12.2 Å². The SMILES string of the molecule is CCNc1ncnc(-n2cnc3c2CCCC3)c1Br. The third-order valence-corrected chi connectivity index (χ3v) is 4.10. The van der Waals surface area contributed by atoms with E-state index in [0.29, 0.717) is 0 Å². The molecule has 5 nitrogen and oxygen atoms in total. The zero-order valence-electron chi connectivity index (χ0n) is 10.9. The zero-order chi connectivity index (χ0) is 13.2. The van der Waals surface area contributed by atoms with E-state index in [1.807, 2.05) is 13.3 Å². The number of imidazole rings is 1. The standard InChI is InChI=1S/C13H16BrN5/c1-2-15-12-11(14)13(17-7-16-12)19-8-18-9-5-3-4-6-10(9)19/h7-8H,2-6H2,1H3,(H,15,16,17). The monoisotopic (exact) mass is 321 g/mol. The number of anilines is 1. The van der Waals surface area contributed by atoms with Crippen LogP contribution in [0.25, 0.3) is 5.82 Å². The molecule has 19 heavy (non-hydrogen) atoms. The normalized spacial score (nSPS) is 14.2. The minimum absolute atomic E-state index is 0.825. The van der Waals surface area contributed by atoms with Crippen molar-refractivity contribution in [2.75, 3.05) is 11.9 Å². The highest BCUT2D eigenvalue weighted by Gasteiger charge is 2.19. The highest BCUT2D eigenvalue weighted by atomic mass is 79.9. The highest BCUT2D eigenvalue weighted by molar-refractivity contribution is 9.10. The number of halogens is 1. The average Bonchev–Trinajstić information content (AvgIpc) is 2.85. The number of hydrogen-bond donors (Lipinski definition) is 1. The third kappa shape index (κ3) is 2.25. The Labute approximate surface area is 120 Å². The lowest BCUT2D eigenvalue weighted by molar-refractivity contribution is 0.653. The molecule has 0 unspecified atom stereocenters. The molecular formula is C13H16BrN5. The van der Waals surface area contributed by atoms with Crippen LogP contribution in [0.3, 0.4) is 0 Å². The second kappa shape index (κ2) is 5.28. The second-order valence-electron chi connectivity index (χ2n) is 4.61. The first-order chi connectivity index (χ1) is 9.31. The Kier molecular flexibility index (Phi) is 3.50. The van der Waals surface area contributed by atoms with Crippen LogP contribution in [-0.4, -0.2) is 26.1 Å². The van der Waals surface area contributed by atoms with Crippen molar-refractivity contribution in [1.29, 1.82) is 0 Å². The molecule has 1 aliphatic carbocycles. The molecule has 0 fully saturated rings. The van der Waals surface area contributed by atoms with Crippen molar-refractivity contribution in [3.05, 3.63) is 28.5 Å². The van der Waals surface area contributed by atoms with Gasteiger partial charge in [0.25, 0.3) is 0 Å². The van der Waals surface area contributed by atoms with Crippen LogP contribution in [0.15, 0.2) is 17.1 Å². The summed E-state index contributed by atoms with van der Waals surface area (Å²) in [5.41, 5.74) is 2.50. The van der Waals surface area contributed by atoms with Gasteiger partial charge in [0.1, 0.15) is 22.9 Å². The molecule has 0 aliphatic heterocycles. The molecule has 0 amide bonds. The van der Waals surface area contributed by atoms with Crippen LogP contribution in [0.5, 0.6) is 0 Å². The molecule has 0 atom stereocenters. The quantitative estimate of drug-likeness (QED) is 0.944. The number of nitrogens with one attached hydrogen (secondary N) is 1. The molecule has 100 valence electrons. The third-order valence-electron chi connectivity index (χ3n) is 3.37. The van der Waals surface area contributed by atoms with Crippen molar-refractivity contribution in [2.45, 2.75) is 32.6 Å². The summed E-state index contributed by atoms with van der Waals surface area (Å²) in [5.74, 6) is 1.69. The van der Waals surface area contributed by atoms with Crippen molar-refractivity contribution in [1.82, 2.24) is 19.5 Å². The highest BCUT2D eigenvalue weighted by Crippen LogP contribution is 2.29. The number of aromatic nitrogens is 4. The van der Waals surface area contributed by atoms with E-state index in [0.717, 1.165) is 35.5 Å². The van der Waals surface area contributed by atoms with Gasteiger partial charge in [-0.1, -0.05) is 0 Å². The smallest absolute Gasteiger partial charge is 0.158 e. The maximum Gasteiger partial charge on any atom is 0.158 e. The molecule has 2 aromatic rings. The molecule has 1 N–H and O–H groups in total. The summed E-state index contributed by atoms with van der Waals surface area (Å²) < 4.78 is 2.98. The van der Waals surface area contributed by atoms with Gasteiger partial charge in [0.05, 0.1) is 5.69 Å². The van der Waals surface area contributed by atoms with E-state index in [9.17, 15) is 0 Å². The molecule has 2 aromatic heterocycles. The van der Waals surface area contributed by atoms with E-state index in [1.165, 1.54) is 24.2 Å². The van der Waals surface area contributed by atoms with Crippen LogP contribution in [0.4, 0.5) is 5.82 Å². The molecule has 0 radical (unpaired) electrons. The number of fused-ring (bicyclic) bond motifs is 1. The number of hydrogen-bond acceptors (Lipinski definition) is 4. The predicted octanol–water partition coefficient (Wildman–Crippen LogP) is 2.74. The summed E-state index contributed by atoms with van der Waals surface area (Å²) in [6.07, 6.45) is 8.07. The van der Waals surface area contributed by atoms with Gasteiger partial charge in [-0.05, 0) is 48.5 Å². The Bertz CT molecular complexity index is 593. The fraction of sp³-hybridized carbons (Fsp3) is 0.462. The average molecular weight is 322 g/mol. The largest absolute Gasteiger partial charge is 0.369 e. The first-order valence-corrected chi connectivity index (χ1v) is 7.40. The van der Waals surface area contributed by atoms with Crippen LogP contribution in [0.1, 0.15) is 31.2 Å². The fourth-order valence-electron chi connectivity index (χ4n) is 2.47. The maximum atomic E-state index is 4.51. The molecule has 0 saturated heterocycles. The van der Waals surface area contributed by atoms with E-state index >= 15 is 0 Å². The predicted molar refractivity (Wildman–Crippen MR) is 77.7 cm³/mol. The van der Waals surface area contributed by atoms with Crippen LogP contribution < -0.4 is 5.32 Å². The van der Waals surface area contributed by atoms with Crippen molar-refractivity contribution in [3.8, 4) is 5.82 Å². The molecular weight excluding hydrogens is 306 g/mol. The Morgan fingerprint density at radius 3 is 2.95 bits per heavy atom. The summed E-state index contributed by atoms with van der Waals surface area (Å²) in [4.78, 5) is 13.2. The Morgan fingerprint density at radius 2 is 2.11 bits per heavy atom. The lowest BCUT2D eigenvalue weighted by Crippen LogP contribution is -2.10. The molecule has 0 saturated carbocycles. The van der Waals surface area contributed by atoms with Gasteiger partial charge in [-0.15, -0.1) is 0 Å². The van der Waals surface area contributed by atoms with Gasteiger partial charge in [-0.2, -0.15) is 0 Å². The van der Waals surface area contributed by atoms with Crippen LogP contribution in [0.2, 0.25) is 0 Å². The Morgan fingerprint density at radius 1 is 1.26 bits per heavy atom. The first-order valence-electron chi connectivity index (χ1n) is 6.61. The van der Waals surface area contributed by atoms with Crippen molar-refractivity contribution >= 4 is 21.7 Å². The summed E-state index contributed by atoms with van der Waals surface area (Å²) in [5, 5.41) is 3.23. The Balaban J connectivity index is 2.07. The van der Waals surface area contributed by atoms with Crippen LogP contribution in [0, 0.1) is 0 Å². The van der Waals surface area contributed by atoms with Gasteiger partial charge in [-0.3, -0.25) is 4.57 Å². The molecule has 1 aliphatic rings. The zero-order valence-corrected chi connectivity index (χ0v) is 12.4. The van der Waals surface area contributed by atoms with Gasteiger partial charge < -0.3 is 5.32 Å². The van der Waals surface area contributed by atoms with Crippen LogP contribution in [-0.2, 0) is 12.8 Å². The van der Waals surface area contributed by atoms with Gasteiger partial charge in [-0.25, -0.2) is 15.0 Å². The van der Waals surface area contributed by atoms with Crippen molar-refractivity contribution in [2.24, 2.45) is 0 Å². The fourth-order valence-corrected chi connectivity index (χ4v) is 3.01. The molecule has 3 rings (SSSR count). The second-order valence-corrected chi connectivity index (χ2v) is 5.40. The first kappa shape index (κ1) is 12.6. The summed E-state index contributed by atoms with van der Waals surface area (Å²) in [6, 6.07) is 0. The van der Waals surface area contributed by atoms with Gasteiger partial charge in [0.15, 0.2) is 5.82 Å². The lowest BCUT2D eigenvalue weighted by atomic mass is 10.0. The number of nitrogens with zero attached hydrogens (tertiary/aromatic N) is 4. The van der Waals surface area contributed by atoms with Crippen molar-refractivity contribution in [3.63, 3.8) is 0 Å². The Hall–Kier alpha value is -1.43. The van der Waals surface area contributed by atoms with Gasteiger partial charge in [0.2, 0.25) is 0 Å². The number of rotatable bonds is 3. The lowest BCUT2D eigenvalue weighted by Gasteiger charge is -2.15. The number of aryl methyl sites for hydroxylation is 1. The van der Waals surface area contributed by atoms with Gasteiger partial charge >= 0.3 is 0 Å². The molecule has 6 heteroatoms. The maximum absolute atomic E-state index is 4.51. The topological polar surface area (TPSA) is 55.6 Å². The minimum Gasteiger partial charge on any atom is -0.369 e. The molecule has 0 spiro atoms. The van der Waals surface area contributed by atoms with E-state index in [2.05, 4.69) is 40.8 Å². The summed E-state index contributed by atoms with van der Waals surface area (Å²) >= 11 is 3.60. The molecule has 0 aromatic carbocycles. The van der Waals surface area contributed by atoms with Crippen molar-refractivity contribution < 1.29 is 0 Å². The molecule has 0 bridgehead atoms. The molecule has 2 heterocycles. The van der Waals surface area contributed by atoms with E-state index in [1.54, 1.807) is 6.33 Å².